The smallest absolute Gasteiger partial charge is 0.233 e. The van der Waals surface area contributed by atoms with Crippen LogP contribution in [0.5, 0.6) is 0 Å². The largest absolute Gasteiger partial charge is 0.358 e. The number of rotatable bonds is 5. The lowest BCUT2D eigenvalue weighted by Gasteiger charge is -2.31. The van der Waals surface area contributed by atoms with Crippen LogP contribution in [-0.2, 0) is 18.4 Å². The van der Waals surface area contributed by atoms with E-state index in [-0.39, 0.29) is 5.91 Å². The lowest BCUT2D eigenvalue weighted by atomic mass is 10.0. The summed E-state index contributed by atoms with van der Waals surface area (Å²) in [6.45, 7) is 3.45. The molecule has 2 rings (SSSR count). The molecule has 19 heavy (non-hydrogen) atoms. The summed E-state index contributed by atoms with van der Waals surface area (Å²) in [5, 5.41) is 6.28. The van der Waals surface area contributed by atoms with Gasteiger partial charge >= 0.3 is 0 Å². The summed E-state index contributed by atoms with van der Waals surface area (Å²) in [6.07, 6.45) is 4.30. The first-order chi connectivity index (χ1) is 9.19. The average Bonchev–Trinajstić information content (AvgIpc) is 2.83. The van der Waals surface area contributed by atoms with Crippen LogP contribution in [0, 0.1) is 0 Å². The van der Waals surface area contributed by atoms with E-state index in [1.807, 2.05) is 0 Å². The van der Waals surface area contributed by atoms with Gasteiger partial charge in [0.25, 0.3) is 0 Å². The van der Waals surface area contributed by atoms with Gasteiger partial charge in [0.15, 0.2) is 0 Å². The topological polar surface area (TPSA) is 49.3 Å². The molecular formula is C14H24N4O. The van der Waals surface area contributed by atoms with Crippen molar-refractivity contribution in [3.8, 4) is 0 Å². The molecule has 0 bridgehead atoms. The van der Waals surface area contributed by atoms with Crippen molar-refractivity contribution < 1.29 is 4.79 Å². The Morgan fingerprint density at radius 2 is 2.16 bits per heavy atom. The average molecular weight is 264 g/mol. The quantitative estimate of drug-likeness (QED) is 0.805. The van der Waals surface area contributed by atoms with Crippen LogP contribution in [0.3, 0.4) is 0 Å². The minimum Gasteiger partial charge on any atom is -0.358 e. The number of hydrogen-bond acceptors (Lipinski definition) is 3. The number of aromatic nitrogens is 1. The summed E-state index contributed by atoms with van der Waals surface area (Å²) in [5.41, 5.74) is 1.31. The molecule has 2 N–H and O–H groups in total. The van der Waals surface area contributed by atoms with E-state index < -0.39 is 0 Å². The molecule has 1 aliphatic rings. The predicted molar refractivity (Wildman–Crippen MR) is 75.8 cm³/mol. The third-order valence-electron chi connectivity index (χ3n) is 3.86. The zero-order valence-electron chi connectivity index (χ0n) is 11.9. The van der Waals surface area contributed by atoms with E-state index in [9.17, 15) is 4.79 Å². The Bertz CT molecular complexity index is 407. The van der Waals surface area contributed by atoms with Crippen LogP contribution in [0.15, 0.2) is 18.3 Å². The Morgan fingerprint density at radius 1 is 1.42 bits per heavy atom. The Hall–Kier alpha value is -1.33. The first-order valence-electron chi connectivity index (χ1n) is 6.95. The molecule has 0 saturated carbocycles. The number of nitrogens with one attached hydrogen (secondary N) is 2. The fourth-order valence-corrected chi connectivity index (χ4v) is 2.51. The third-order valence-corrected chi connectivity index (χ3v) is 3.86. The van der Waals surface area contributed by atoms with Gasteiger partial charge in [0.2, 0.25) is 5.91 Å². The zero-order valence-corrected chi connectivity index (χ0v) is 11.9. The van der Waals surface area contributed by atoms with Crippen molar-refractivity contribution in [3.63, 3.8) is 0 Å². The molecule has 1 amide bonds. The second-order valence-electron chi connectivity index (χ2n) is 5.21. The van der Waals surface area contributed by atoms with Gasteiger partial charge < -0.3 is 15.2 Å². The van der Waals surface area contributed by atoms with Gasteiger partial charge in [0.05, 0.1) is 6.54 Å². The van der Waals surface area contributed by atoms with E-state index >= 15 is 0 Å². The Balaban J connectivity index is 1.69. The first-order valence-corrected chi connectivity index (χ1v) is 6.95. The van der Waals surface area contributed by atoms with Crippen LogP contribution in [0.4, 0.5) is 0 Å². The Morgan fingerprint density at radius 3 is 2.74 bits per heavy atom. The van der Waals surface area contributed by atoms with Crippen molar-refractivity contribution in [3.05, 3.63) is 24.0 Å². The highest BCUT2D eigenvalue weighted by Gasteiger charge is 2.20. The highest BCUT2D eigenvalue weighted by atomic mass is 16.1. The molecule has 0 radical (unpaired) electrons. The van der Waals surface area contributed by atoms with Crippen LogP contribution in [-0.4, -0.2) is 48.1 Å². The summed E-state index contributed by atoms with van der Waals surface area (Å²) in [7, 11) is 3.76. The van der Waals surface area contributed by atoms with Crippen LogP contribution in [0.25, 0.3) is 0 Å². The number of likely N-dealkylation sites (tertiary alicyclic amines) is 1. The SMILES string of the molecule is CNC(=O)CN1CCC(NCc2cccn2C)CC1. The second kappa shape index (κ2) is 6.73. The molecule has 1 aromatic heterocycles. The fourth-order valence-electron chi connectivity index (χ4n) is 2.51. The van der Waals surface area contributed by atoms with E-state index in [0.717, 1.165) is 32.5 Å². The van der Waals surface area contributed by atoms with E-state index in [1.54, 1.807) is 7.05 Å². The van der Waals surface area contributed by atoms with E-state index in [4.69, 9.17) is 0 Å². The molecule has 5 nitrogen and oxygen atoms in total. The molecule has 5 heteroatoms. The molecule has 1 fully saturated rings. The molecule has 1 aromatic rings. The minimum atomic E-state index is 0.107. The number of carbonyl (C=O) groups excluding carboxylic acids is 1. The highest BCUT2D eigenvalue weighted by molar-refractivity contribution is 5.77. The van der Waals surface area contributed by atoms with Crippen molar-refractivity contribution >= 4 is 5.91 Å². The number of amides is 1. The molecule has 2 heterocycles. The summed E-state index contributed by atoms with van der Waals surface area (Å²) >= 11 is 0. The number of hydrogen-bond donors (Lipinski definition) is 2. The molecule has 0 unspecified atom stereocenters. The maximum atomic E-state index is 11.3. The van der Waals surface area contributed by atoms with Crippen molar-refractivity contribution in [1.82, 2.24) is 20.1 Å². The van der Waals surface area contributed by atoms with E-state index in [1.165, 1.54) is 5.69 Å². The number of nitrogens with zero attached hydrogens (tertiary/aromatic N) is 2. The fraction of sp³-hybridized carbons (Fsp3) is 0.643. The summed E-state index contributed by atoms with van der Waals surface area (Å²) < 4.78 is 2.15. The van der Waals surface area contributed by atoms with Gasteiger partial charge in [-0.1, -0.05) is 0 Å². The monoisotopic (exact) mass is 264 g/mol. The highest BCUT2D eigenvalue weighted by Crippen LogP contribution is 2.11. The van der Waals surface area contributed by atoms with Crippen LogP contribution >= 0.6 is 0 Å². The maximum Gasteiger partial charge on any atom is 0.233 e. The standard InChI is InChI=1S/C14H24N4O/c1-15-14(19)11-18-8-5-12(6-9-18)16-10-13-4-3-7-17(13)2/h3-4,7,12,16H,5-6,8-11H2,1-2H3,(H,15,19). The van der Waals surface area contributed by atoms with Crippen LogP contribution in [0.1, 0.15) is 18.5 Å². The molecular weight excluding hydrogens is 240 g/mol. The van der Waals surface area contributed by atoms with Gasteiger partial charge in [-0.3, -0.25) is 9.69 Å². The minimum absolute atomic E-state index is 0.107. The Kier molecular flexibility index (Phi) is 4.99. The first kappa shape index (κ1) is 14.1. The number of likely N-dealkylation sites (N-methyl/N-ethyl adjacent to an activating group) is 1. The molecule has 106 valence electrons. The molecule has 1 saturated heterocycles. The maximum absolute atomic E-state index is 11.3. The molecule has 1 aliphatic heterocycles. The van der Waals surface area contributed by atoms with Crippen LogP contribution < -0.4 is 10.6 Å². The van der Waals surface area contributed by atoms with Crippen molar-refractivity contribution in [2.45, 2.75) is 25.4 Å². The van der Waals surface area contributed by atoms with Crippen molar-refractivity contribution in [2.75, 3.05) is 26.7 Å². The summed E-state index contributed by atoms with van der Waals surface area (Å²) in [5.74, 6) is 0.107. The predicted octanol–water partition coefficient (Wildman–Crippen LogP) is 0.325. The van der Waals surface area contributed by atoms with Crippen LogP contribution in [0.2, 0.25) is 0 Å². The number of aryl methyl sites for hydroxylation is 1. The molecule has 0 aliphatic carbocycles. The molecule has 0 spiro atoms. The second-order valence-corrected chi connectivity index (χ2v) is 5.21. The zero-order chi connectivity index (χ0) is 13.7. The van der Waals surface area contributed by atoms with Gasteiger partial charge in [-0.2, -0.15) is 0 Å². The lowest BCUT2D eigenvalue weighted by molar-refractivity contribution is -0.122. The van der Waals surface area contributed by atoms with Gasteiger partial charge in [0.1, 0.15) is 0 Å². The third kappa shape index (κ3) is 4.08. The molecule has 0 aromatic carbocycles. The number of piperidine rings is 1. The van der Waals surface area contributed by atoms with Crippen molar-refractivity contribution in [1.29, 1.82) is 0 Å². The summed E-state index contributed by atoms with van der Waals surface area (Å²) in [6, 6.07) is 4.78. The van der Waals surface area contributed by atoms with Gasteiger partial charge in [-0.05, 0) is 25.0 Å². The summed E-state index contributed by atoms with van der Waals surface area (Å²) in [4.78, 5) is 13.5. The van der Waals surface area contributed by atoms with Gasteiger partial charge in [-0.25, -0.2) is 0 Å². The number of carbonyl (C=O) groups is 1. The van der Waals surface area contributed by atoms with Gasteiger partial charge in [0, 0.05) is 51.7 Å². The Labute approximate surface area is 115 Å². The van der Waals surface area contributed by atoms with Crippen molar-refractivity contribution in [2.24, 2.45) is 7.05 Å². The van der Waals surface area contributed by atoms with Gasteiger partial charge in [-0.15, -0.1) is 0 Å². The van der Waals surface area contributed by atoms with E-state index in [0.29, 0.717) is 12.6 Å². The van der Waals surface area contributed by atoms with E-state index in [2.05, 4.69) is 45.5 Å². The normalized spacial score (nSPS) is 17.6. The lowest BCUT2D eigenvalue weighted by Crippen LogP contribution is -2.45. The molecule has 0 atom stereocenters.